The van der Waals surface area contributed by atoms with E-state index in [9.17, 15) is 4.79 Å². The van der Waals surface area contributed by atoms with Gasteiger partial charge in [0, 0.05) is 32.2 Å². The highest BCUT2D eigenvalue weighted by atomic mass is 16.5. The van der Waals surface area contributed by atoms with Crippen LogP contribution in [0.25, 0.3) is 0 Å². The summed E-state index contributed by atoms with van der Waals surface area (Å²) in [5.74, 6) is 1.79. The molecule has 0 saturated heterocycles. The second kappa shape index (κ2) is 8.79. The number of carbonyl (C=O) groups excluding carboxylic acids is 1. The van der Waals surface area contributed by atoms with Crippen molar-refractivity contribution < 1.29 is 9.53 Å². The van der Waals surface area contributed by atoms with Gasteiger partial charge in [0.25, 0.3) is 0 Å². The Balaban J connectivity index is 1.63. The van der Waals surface area contributed by atoms with Gasteiger partial charge in [0.2, 0.25) is 5.91 Å². The van der Waals surface area contributed by atoms with Crippen molar-refractivity contribution in [3.8, 4) is 0 Å². The van der Waals surface area contributed by atoms with Crippen molar-refractivity contribution in [2.24, 2.45) is 0 Å². The van der Waals surface area contributed by atoms with E-state index in [1.54, 1.807) is 7.11 Å². The molecule has 0 fully saturated rings. The van der Waals surface area contributed by atoms with Gasteiger partial charge in [0.05, 0.1) is 18.8 Å². The number of methoxy groups -OCH3 is 1. The normalized spacial score (nSPS) is 16.2. The average Bonchev–Trinajstić information content (AvgIpc) is 3.30. The van der Waals surface area contributed by atoms with E-state index in [1.165, 1.54) is 5.56 Å². The van der Waals surface area contributed by atoms with Crippen molar-refractivity contribution >= 4 is 5.91 Å². The Morgan fingerprint density at radius 3 is 2.67 bits per heavy atom. The van der Waals surface area contributed by atoms with E-state index in [0.29, 0.717) is 32.5 Å². The number of nitrogens with one attached hydrogen (secondary N) is 1. The molecular weight excluding hydrogens is 380 g/mol. The van der Waals surface area contributed by atoms with Crippen LogP contribution in [-0.2, 0) is 35.3 Å². The zero-order chi connectivity index (χ0) is 21.1. The SMILES string of the molecule is COCCN1Cc2nnc(CCc3c(C)n[nH]c3C)n2[C@H](Cc2ccccc2)C1=O. The van der Waals surface area contributed by atoms with Crippen LogP contribution in [0.3, 0.4) is 0 Å². The Labute approximate surface area is 176 Å². The van der Waals surface area contributed by atoms with Crippen LogP contribution in [-0.4, -0.2) is 56.0 Å². The van der Waals surface area contributed by atoms with Gasteiger partial charge in [-0.3, -0.25) is 9.89 Å². The smallest absolute Gasteiger partial charge is 0.246 e. The fourth-order valence-corrected chi connectivity index (χ4v) is 4.15. The van der Waals surface area contributed by atoms with Crippen LogP contribution < -0.4 is 0 Å². The minimum Gasteiger partial charge on any atom is -0.383 e. The monoisotopic (exact) mass is 408 g/mol. The summed E-state index contributed by atoms with van der Waals surface area (Å²) >= 11 is 0. The molecule has 0 unspecified atom stereocenters. The predicted molar refractivity (Wildman–Crippen MR) is 112 cm³/mol. The van der Waals surface area contributed by atoms with Gasteiger partial charge >= 0.3 is 0 Å². The summed E-state index contributed by atoms with van der Waals surface area (Å²) in [6, 6.07) is 9.77. The molecule has 4 rings (SSSR count). The molecule has 8 heteroatoms. The summed E-state index contributed by atoms with van der Waals surface area (Å²) in [5, 5.41) is 16.2. The van der Waals surface area contributed by atoms with E-state index >= 15 is 0 Å². The maximum atomic E-state index is 13.4. The second-order valence-electron chi connectivity index (χ2n) is 7.77. The number of nitrogens with zero attached hydrogens (tertiary/aromatic N) is 5. The van der Waals surface area contributed by atoms with E-state index in [2.05, 4.69) is 37.1 Å². The summed E-state index contributed by atoms with van der Waals surface area (Å²) in [4.78, 5) is 15.2. The third-order valence-electron chi connectivity index (χ3n) is 5.79. The maximum Gasteiger partial charge on any atom is 0.246 e. The van der Waals surface area contributed by atoms with Crippen LogP contribution in [0.2, 0.25) is 0 Å². The average molecular weight is 409 g/mol. The van der Waals surface area contributed by atoms with Crippen molar-refractivity contribution in [2.75, 3.05) is 20.3 Å². The molecule has 3 heterocycles. The number of hydrogen-bond acceptors (Lipinski definition) is 5. The Morgan fingerprint density at radius 2 is 1.97 bits per heavy atom. The highest BCUT2D eigenvalue weighted by Crippen LogP contribution is 2.27. The topological polar surface area (TPSA) is 88.9 Å². The first-order valence-corrected chi connectivity index (χ1v) is 10.3. The van der Waals surface area contributed by atoms with Gasteiger partial charge in [0.1, 0.15) is 11.9 Å². The lowest BCUT2D eigenvalue weighted by atomic mass is 10.0. The summed E-state index contributed by atoms with van der Waals surface area (Å²) in [6.45, 7) is 5.56. The van der Waals surface area contributed by atoms with Gasteiger partial charge in [-0.2, -0.15) is 5.10 Å². The maximum absolute atomic E-state index is 13.4. The van der Waals surface area contributed by atoms with Gasteiger partial charge in [-0.1, -0.05) is 30.3 Å². The second-order valence-corrected chi connectivity index (χ2v) is 7.77. The summed E-state index contributed by atoms with van der Waals surface area (Å²) < 4.78 is 7.26. The van der Waals surface area contributed by atoms with Crippen LogP contribution in [0.4, 0.5) is 0 Å². The lowest BCUT2D eigenvalue weighted by molar-refractivity contribution is -0.138. The Kier molecular flexibility index (Phi) is 5.94. The number of benzene rings is 1. The number of H-pyrrole nitrogens is 1. The lowest BCUT2D eigenvalue weighted by Crippen LogP contribution is -2.45. The summed E-state index contributed by atoms with van der Waals surface area (Å²) in [6.07, 6.45) is 2.14. The first-order valence-electron chi connectivity index (χ1n) is 10.3. The van der Waals surface area contributed by atoms with Gasteiger partial charge in [0.15, 0.2) is 5.82 Å². The number of amides is 1. The number of hydrogen-bond donors (Lipinski definition) is 1. The predicted octanol–water partition coefficient (Wildman–Crippen LogP) is 2.18. The molecule has 8 nitrogen and oxygen atoms in total. The van der Waals surface area contributed by atoms with E-state index < -0.39 is 0 Å². The molecule has 1 aliphatic heterocycles. The molecule has 1 aromatic carbocycles. The van der Waals surface area contributed by atoms with E-state index in [4.69, 9.17) is 4.74 Å². The highest BCUT2D eigenvalue weighted by molar-refractivity contribution is 5.82. The fraction of sp³-hybridized carbons (Fsp3) is 0.455. The van der Waals surface area contributed by atoms with E-state index in [-0.39, 0.29) is 11.9 Å². The molecule has 1 atom stereocenters. The molecule has 0 aliphatic carbocycles. The van der Waals surface area contributed by atoms with Crippen molar-refractivity contribution in [1.29, 1.82) is 0 Å². The van der Waals surface area contributed by atoms with Crippen LogP contribution in [0.1, 0.15) is 40.2 Å². The Hall–Kier alpha value is -3.00. The number of ether oxygens (including phenoxy) is 1. The van der Waals surface area contributed by atoms with E-state index in [0.717, 1.165) is 35.0 Å². The molecule has 0 saturated carbocycles. The number of aromatic amines is 1. The van der Waals surface area contributed by atoms with Crippen LogP contribution in [0.15, 0.2) is 30.3 Å². The number of fused-ring (bicyclic) bond motifs is 1. The number of rotatable bonds is 8. The third kappa shape index (κ3) is 4.00. The first kappa shape index (κ1) is 20.3. The van der Waals surface area contributed by atoms with E-state index in [1.807, 2.05) is 36.9 Å². The van der Waals surface area contributed by atoms with Crippen LogP contribution in [0, 0.1) is 13.8 Å². The van der Waals surface area contributed by atoms with Crippen molar-refractivity contribution in [1.82, 2.24) is 29.9 Å². The standard InChI is InChI=1S/C22H28N6O2/c1-15-18(16(2)24-23-15)9-10-20-25-26-21-14-27(11-12-30-3)22(29)19(28(20)21)13-17-7-5-4-6-8-17/h4-8,19H,9-14H2,1-3H3,(H,23,24)/t19-/m1/s1. The summed E-state index contributed by atoms with van der Waals surface area (Å²) in [5.41, 5.74) is 4.41. The largest absolute Gasteiger partial charge is 0.383 e. The number of carbonyl (C=O) groups is 1. The highest BCUT2D eigenvalue weighted by Gasteiger charge is 2.35. The zero-order valence-corrected chi connectivity index (χ0v) is 17.8. The third-order valence-corrected chi connectivity index (χ3v) is 5.79. The minimum atomic E-state index is -0.343. The van der Waals surface area contributed by atoms with Gasteiger partial charge in [-0.15, -0.1) is 10.2 Å². The molecule has 0 radical (unpaired) electrons. The molecule has 1 amide bonds. The first-order chi connectivity index (χ1) is 14.6. The van der Waals surface area contributed by atoms with Crippen LogP contribution in [0.5, 0.6) is 0 Å². The molecule has 0 bridgehead atoms. The molecule has 158 valence electrons. The summed E-state index contributed by atoms with van der Waals surface area (Å²) in [7, 11) is 1.65. The Bertz CT molecular complexity index is 991. The molecule has 30 heavy (non-hydrogen) atoms. The number of aromatic nitrogens is 5. The molecule has 1 N–H and O–H groups in total. The van der Waals surface area contributed by atoms with Gasteiger partial charge in [-0.25, -0.2) is 0 Å². The molecule has 1 aliphatic rings. The minimum absolute atomic E-state index is 0.0973. The van der Waals surface area contributed by atoms with Gasteiger partial charge in [-0.05, 0) is 31.4 Å². The molecule has 3 aromatic rings. The zero-order valence-electron chi connectivity index (χ0n) is 17.8. The number of aryl methyl sites for hydroxylation is 3. The van der Waals surface area contributed by atoms with Crippen LogP contribution >= 0.6 is 0 Å². The van der Waals surface area contributed by atoms with Crippen molar-refractivity contribution in [3.05, 3.63) is 64.5 Å². The van der Waals surface area contributed by atoms with Crippen molar-refractivity contribution in [2.45, 2.75) is 45.7 Å². The molecule has 2 aromatic heterocycles. The molecular formula is C22H28N6O2. The fourth-order valence-electron chi connectivity index (χ4n) is 4.15. The van der Waals surface area contributed by atoms with Crippen molar-refractivity contribution in [3.63, 3.8) is 0 Å². The lowest BCUT2D eigenvalue weighted by Gasteiger charge is -2.34. The Morgan fingerprint density at radius 1 is 1.17 bits per heavy atom. The molecule has 0 spiro atoms. The van der Waals surface area contributed by atoms with Gasteiger partial charge < -0.3 is 14.2 Å². The quantitative estimate of drug-likeness (QED) is 0.617.